The van der Waals surface area contributed by atoms with E-state index in [4.69, 9.17) is 4.74 Å². The van der Waals surface area contributed by atoms with Gasteiger partial charge in [0.05, 0.1) is 18.1 Å². The maximum Gasteiger partial charge on any atom is 0.322 e. The summed E-state index contributed by atoms with van der Waals surface area (Å²) in [7, 11) is 0. The van der Waals surface area contributed by atoms with Gasteiger partial charge in [-0.25, -0.2) is 14.4 Å². The summed E-state index contributed by atoms with van der Waals surface area (Å²) in [5, 5.41) is 2.72. The highest BCUT2D eigenvalue weighted by Crippen LogP contribution is 2.24. The second kappa shape index (κ2) is 7.16. The summed E-state index contributed by atoms with van der Waals surface area (Å²) in [5.41, 5.74) is 0.429. The van der Waals surface area contributed by atoms with Gasteiger partial charge in [-0.1, -0.05) is 12.1 Å². The van der Waals surface area contributed by atoms with Crippen LogP contribution < -0.4 is 10.1 Å². The number of hydrogen-bond donors (Lipinski definition) is 1. The maximum absolute atomic E-state index is 13.5. The molecule has 1 amide bonds. The molecule has 1 saturated carbocycles. The average molecular weight is 329 g/mol. The van der Waals surface area contributed by atoms with Crippen LogP contribution >= 0.6 is 0 Å². The van der Waals surface area contributed by atoms with Crippen molar-refractivity contribution in [3.63, 3.8) is 0 Å². The monoisotopic (exact) mass is 329 g/mol. The van der Waals surface area contributed by atoms with Crippen LogP contribution in [0.4, 0.5) is 10.1 Å². The summed E-state index contributed by atoms with van der Waals surface area (Å²) in [4.78, 5) is 31.3. The fourth-order valence-corrected chi connectivity index (χ4v) is 2.51. The first-order valence-electron chi connectivity index (χ1n) is 7.69. The zero-order chi connectivity index (χ0) is 16.9. The van der Waals surface area contributed by atoms with E-state index in [1.54, 1.807) is 12.1 Å². The number of nitrogens with zero attached hydrogens (tertiary/aromatic N) is 2. The summed E-state index contributed by atoms with van der Waals surface area (Å²) in [6, 6.07) is 5.93. The highest BCUT2D eigenvalue weighted by molar-refractivity contribution is 5.93. The van der Waals surface area contributed by atoms with Gasteiger partial charge < -0.3 is 10.1 Å². The van der Waals surface area contributed by atoms with Crippen LogP contribution in [0.2, 0.25) is 0 Å². The summed E-state index contributed by atoms with van der Waals surface area (Å²) in [6.07, 6.45) is 4.83. The third kappa shape index (κ3) is 3.92. The van der Waals surface area contributed by atoms with Gasteiger partial charge in [0.2, 0.25) is 5.91 Å². The van der Waals surface area contributed by atoms with Gasteiger partial charge in [0, 0.05) is 18.8 Å². The number of Topliss-reactive ketones (excluding diaryl/α,β-unsaturated/α-hetero) is 1. The van der Waals surface area contributed by atoms with Gasteiger partial charge in [-0.2, -0.15) is 0 Å². The van der Waals surface area contributed by atoms with Crippen molar-refractivity contribution in [3.8, 4) is 11.8 Å². The molecule has 6 nitrogen and oxygen atoms in total. The standard InChI is InChI=1S/C17H16FN3O3/c18-14-3-1-2-4-15(14)24-17-19-9-12(10-20-17)21-16(23)11-5-7-13(22)8-6-11/h1-4,9-11H,5-8H2,(H,21,23). The molecule has 124 valence electrons. The number of halogens is 1. The van der Waals surface area contributed by atoms with E-state index in [0.717, 1.165) is 0 Å². The van der Waals surface area contributed by atoms with Gasteiger partial charge in [-0.15, -0.1) is 0 Å². The van der Waals surface area contributed by atoms with Crippen molar-refractivity contribution < 1.29 is 18.7 Å². The van der Waals surface area contributed by atoms with Gasteiger partial charge >= 0.3 is 6.01 Å². The number of para-hydroxylation sites is 1. The molecule has 0 bridgehead atoms. The van der Waals surface area contributed by atoms with Crippen molar-refractivity contribution in [1.82, 2.24) is 9.97 Å². The first-order valence-corrected chi connectivity index (χ1v) is 7.69. The number of amides is 1. The first-order chi connectivity index (χ1) is 11.6. The molecule has 1 N–H and O–H groups in total. The Hall–Kier alpha value is -2.83. The van der Waals surface area contributed by atoms with E-state index in [2.05, 4.69) is 15.3 Å². The lowest BCUT2D eigenvalue weighted by atomic mass is 9.88. The molecule has 1 fully saturated rings. The summed E-state index contributed by atoms with van der Waals surface area (Å²) in [6.45, 7) is 0. The topological polar surface area (TPSA) is 81.2 Å². The molecule has 0 atom stereocenters. The van der Waals surface area contributed by atoms with Crippen molar-refractivity contribution in [2.45, 2.75) is 25.7 Å². The third-order valence-electron chi connectivity index (χ3n) is 3.85. The zero-order valence-electron chi connectivity index (χ0n) is 12.9. The number of carbonyl (C=O) groups is 2. The minimum atomic E-state index is -0.509. The second-order valence-corrected chi connectivity index (χ2v) is 5.59. The lowest BCUT2D eigenvalue weighted by molar-refractivity contribution is -0.125. The Morgan fingerprint density at radius 3 is 2.50 bits per heavy atom. The van der Waals surface area contributed by atoms with Crippen molar-refractivity contribution in [2.24, 2.45) is 5.92 Å². The average Bonchev–Trinajstić information content (AvgIpc) is 2.59. The van der Waals surface area contributed by atoms with Crippen molar-refractivity contribution in [1.29, 1.82) is 0 Å². The van der Waals surface area contributed by atoms with Crippen LogP contribution in [-0.2, 0) is 9.59 Å². The molecule has 1 aromatic carbocycles. The van der Waals surface area contributed by atoms with Crippen molar-refractivity contribution >= 4 is 17.4 Å². The molecule has 1 aliphatic carbocycles. The molecular formula is C17H16FN3O3. The minimum Gasteiger partial charge on any atom is -0.421 e. The predicted octanol–water partition coefficient (Wildman–Crippen LogP) is 3.11. The molecule has 1 aliphatic rings. The summed E-state index contributed by atoms with van der Waals surface area (Å²) < 4.78 is 18.7. The van der Waals surface area contributed by atoms with Crippen LogP contribution in [-0.4, -0.2) is 21.7 Å². The van der Waals surface area contributed by atoms with Crippen LogP contribution in [0.5, 0.6) is 11.8 Å². The predicted molar refractivity (Wildman–Crippen MR) is 84.1 cm³/mol. The van der Waals surface area contributed by atoms with E-state index in [-0.39, 0.29) is 29.4 Å². The van der Waals surface area contributed by atoms with E-state index in [9.17, 15) is 14.0 Å². The molecule has 0 aliphatic heterocycles. The Balaban J connectivity index is 1.59. The number of benzene rings is 1. The SMILES string of the molecule is O=C1CCC(C(=O)Nc2cnc(Oc3ccccc3F)nc2)CC1. The van der Waals surface area contributed by atoms with Crippen LogP contribution in [0.3, 0.4) is 0 Å². The van der Waals surface area contributed by atoms with Crippen LogP contribution in [0.1, 0.15) is 25.7 Å². The van der Waals surface area contributed by atoms with E-state index >= 15 is 0 Å². The Morgan fingerprint density at radius 2 is 1.83 bits per heavy atom. The van der Waals surface area contributed by atoms with Crippen LogP contribution in [0.15, 0.2) is 36.7 Å². The molecule has 24 heavy (non-hydrogen) atoms. The number of rotatable bonds is 4. The number of anilines is 1. The Bertz CT molecular complexity index is 739. The van der Waals surface area contributed by atoms with Gasteiger partial charge in [-0.05, 0) is 25.0 Å². The number of nitrogens with one attached hydrogen (secondary N) is 1. The molecule has 1 aromatic heterocycles. The molecule has 0 unspecified atom stereocenters. The highest BCUT2D eigenvalue weighted by Gasteiger charge is 2.24. The van der Waals surface area contributed by atoms with Crippen LogP contribution in [0, 0.1) is 11.7 Å². The Kier molecular flexibility index (Phi) is 4.79. The number of ether oxygens (including phenoxy) is 1. The van der Waals surface area contributed by atoms with Crippen LogP contribution in [0.25, 0.3) is 0 Å². The highest BCUT2D eigenvalue weighted by atomic mass is 19.1. The number of carbonyl (C=O) groups excluding carboxylic acids is 2. The number of aromatic nitrogens is 2. The molecule has 7 heteroatoms. The summed E-state index contributed by atoms with van der Waals surface area (Å²) >= 11 is 0. The third-order valence-corrected chi connectivity index (χ3v) is 3.85. The van der Waals surface area contributed by atoms with Gasteiger partial charge in [0.25, 0.3) is 0 Å². The largest absolute Gasteiger partial charge is 0.421 e. The molecule has 0 spiro atoms. The normalized spacial score (nSPS) is 15.1. The molecule has 0 saturated heterocycles. The van der Waals surface area contributed by atoms with Gasteiger partial charge in [0.1, 0.15) is 5.78 Å². The smallest absolute Gasteiger partial charge is 0.322 e. The van der Waals surface area contributed by atoms with Crippen molar-refractivity contribution in [3.05, 3.63) is 42.5 Å². The lowest BCUT2D eigenvalue weighted by Gasteiger charge is -2.19. The number of ketones is 1. The maximum atomic E-state index is 13.5. The molecule has 1 heterocycles. The fraction of sp³-hybridized carbons (Fsp3) is 0.294. The second-order valence-electron chi connectivity index (χ2n) is 5.59. The first kappa shape index (κ1) is 16.0. The zero-order valence-corrected chi connectivity index (χ0v) is 12.9. The van der Waals surface area contributed by atoms with Crippen molar-refractivity contribution in [2.75, 3.05) is 5.32 Å². The Labute approximate surface area is 138 Å². The summed E-state index contributed by atoms with van der Waals surface area (Å²) in [5.74, 6) is -0.588. The molecular weight excluding hydrogens is 313 g/mol. The van der Waals surface area contributed by atoms with E-state index in [1.807, 2.05) is 0 Å². The minimum absolute atomic E-state index is 0.0126. The van der Waals surface area contributed by atoms with E-state index < -0.39 is 5.82 Å². The number of hydrogen-bond acceptors (Lipinski definition) is 5. The fourth-order valence-electron chi connectivity index (χ4n) is 2.51. The van der Waals surface area contributed by atoms with Gasteiger partial charge in [0.15, 0.2) is 11.6 Å². The molecule has 2 aromatic rings. The van der Waals surface area contributed by atoms with E-state index in [1.165, 1.54) is 24.5 Å². The quantitative estimate of drug-likeness (QED) is 0.932. The molecule has 0 radical (unpaired) electrons. The van der Waals surface area contributed by atoms with E-state index in [0.29, 0.717) is 31.4 Å². The lowest BCUT2D eigenvalue weighted by Crippen LogP contribution is -2.27. The molecule has 3 rings (SSSR count). The van der Waals surface area contributed by atoms with Gasteiger partial charge in [-0.3, -0.25) is 9.59 Å². The Morgan fingerprint density at radius 1 is 1.17 bits per heavy atom.